The average molecular weight is 363 g/mol. The van der Waals surface area contributed by atoms with Crippen molar-refractivity contribution in [2.24, 2.45) is 10.9 Å². The van der Waals surface area contributed by atoms with Crippen LogP contribution in [0.25, 0.3) is 0 Å². The lowest BCUT2D eigenvalue weighted by Crippen LogP contribution is -2.46. The topological polar surface area (TPSA) is 52.6 Å². The number of likely N-dealkylation sites (N-methyl/N-ethyl adjacent to an activating group) is 1. The zero-order chi connectivity index (χ0) is 17.7. The first-order valence-corrected chi connectivity index (χ1v) is 8.89. The molecule has 9 heteroatoms. The molecule has 5 nitrogen and oxygen atoms in total. The van der Waals surface area contributed by atoms with Gasteiger partial charge in [-0.25, -0.2) is 9.98 Å². The highest BCUT2D eigenvalue weighted by Gasteiger charge is 2.34. The van der Waals surface area contributed by atoms with Gasteiger partial charge >= 0.3 is 6.18 Å². The first-order chi connectivity index (χ1) is 11.3. The fraction of sp³-hybridized carbons (Fsp3) is 0.733. The molecule has 2 rings (SSSR count). The molecule has 136 valence electrons. The van der Waals surface area contributed by atoms with Gasteiger partial charge in [0, 0.05) is 24.5 Å². The van der Waals surface area contributed by atoms with Crippen molar-refractivity contribution in [3.8, 4) is 0 Å². The van der Waals surface area contributed by atoms with Crippen molar-refractivity contribution in [1.29, 1.82) is 0 Å². The van der Waals surface area contributed by atoms with E-state index >= 15 is 0 Å². The van der Waals surface area contributed by atoms with Crippen LogP contribution in [0.4, 0.5) is 13.2 Å². The zero-order valence-electron chi connectivity index (χ0n) is 14.2. The highest BCUT2D eigenvalue weighted by atomic mass is 32.1. The molecule has 1 aromatic rings. The Bertz CT molecular complexity index is 550. The monoisotopic (exact) mass is 363 g/mol. The number of hydrogen-bond donors (Lipinski definition) is 2. The van der Waals surface area contributed by atoms with Crippen LogP contribution in [0.15, 0.2) is 10.4 Å². The van der Waals surface area contributed by atoms with Crippen molar-refractivity contribution in [3.05, 3.63) is 16.1 Å². The van der Waals surface area contributed by atoms with Gasteiger partial charge in [0.15, 0.2) is 11.7 Å². The predicted octanol–water partition coefficient (Wildman–Crippen LogP) is 2.56. The summed E-state index contributed by atoms with van der Waals surface area (Å²) in [5, 5.41) is 7.78. The molecule has 1 aliphatic rings. The summed E-state index contributed by atoms with van der Waals surface area (Å²) in [7, 11) is 4.12. The van der Waals surface area contributed by atoms with Crippen molar-refractivity contribution in [1.82, 2.24) is 20.5 Å². The normalized spacial score (nSPS) is 17.2. The lowest BCUT2D eigenvalue weighted by Gasteiger charge is -2.25. The molecule has 0 radical (unpaired) electrons. The minimum Gasteiger partial charge on any atom is -0.357 e. The standard InChI is InChI=1S/C15H24F3N5S/c1-4-19-14(20-7-11(23(2)3)10-5-6-10)21-8-13-22-12(9-24-13)15(16,17)18/h9-11H,4-8H2,1-3H3,(H2,19,20,21). The molecule has 1 heterocycles. The second-order valence-corrected chi connectivity index (χ2v) is 7.01. The number of guanidine groups is 1. The number of aromatic nitrogens is 1. The molecule has 0 amide bonds. The zero-order valence-corrected chi connectivity index (χ0v) is 15.0. The maximum absolute atomic E-state index is 12.6. The Morgan fingerprint density at radius 1 is 1.42 bits per heavy atom. The molecule has 1 saturated carbocycles. The number of thiazole rings is 1. The minimum atomic E-state index is -4.40. The number of nitrogens with one attached hydrogen (secondary N) is 2. The van der Waals surface area contributed by atoms with Crippen molar-refractivity contribution in [2.45, 2.75) is 38.5 Å². The summed E-state index contributed by atoms with van der Waals surface area (Å²) in [5.41, 5.74) is -0.850. The smallest absolute Gasteiger partial charge is 0.357 e. The summed E-state index contributed by atoms with van der Waals surface area (Å²) in [4.78, 5) is 10.1. The molecule has 1 unspecified atom stereocenters. The fourth-order valence-corrected chi connectivity index (χ4v) is 3.18. The van der Waals surface area contributed by atoms with Crippen LogP contribution in [0, 0.1) is 5.92 Å². The number of halogens is 3. The fourth-order valence-electron chi connectivity index (χ4n) is 2.46. The van der Waals surface area contributed by atoms with E-state index in [2.05, 4.69) is 39.6 Å². The van der Waals surface area contributed by atoms with Crippen molar-refractivity contribution >= 4 is 17.3 Å². The Hall–Kier alpha value is -1.35. The highest BCUT2D eigenvalue weighted by Crippen LogP contribution is 2.34. The van der Waals surface area contributed by atoms with Gasteiger partial charge in [0.05, 0.1) is 6.54 Å². The largest absolute Gasteiger partial charge is 0.434 e. The van der Waals surface area contributed by atoms with Gasteiger partial charge < -0.3 is 15.5 Å². The third-order valence-corrected chi connectivity index (χ3v) is 4.70. The Kier molecular flexibility index (Phi) is 6.45. The Morgan fingerprint density at radius 2 is 2.12 bits per heavy atom. The Morgan fingerprint density at radius 3 is 2.62 bits per heavy atom. The van der Waals surface area contributed by atoms with Gasteiger partial charge in [0.2, 0.25) is 0 Å². The highest BCUT2D eigenvalue weighted by molar-refractivity contribution is 7.09. The van der Waals surface area contributed by atoms with E-state index in [9.17, 15) is 13.2 Å². The van der Waals surface area contributed by atoms with E-state index in [0.29, 0.717) is 29.5 Å². The number of rotatable bonds is 7. The first-order valence-electron chi connectivity index (χ1n) is 8.01. The molecular formula is C15H24F3N5S. The van der Waals surface area contributed by atoms with Gasteiger partial charge in [-0.3, -0.25) is 0 Å². The van der Waals surface area contributed by atoms with Crippen LogP contribution < -0.4 is 10.6 Å². The second-order valence-electron chi connectivity index (χ2n) is 6.07. The molecule has 1 fully saturated rings. The maximum Gasteiger partial charge on any atom is 0.434 e. The third-order valence-electron chi connectivity index (χ3n) is 3.87. The lowest BCUT2D eigenvalue weighted by molar-refractivity contribution is -0.140. The van der Waals surface area contributed by atoms with Crippen molar-refractivity contribution < 1.29 is 13.2 Å². The SMILES string of the molecule is CCNC(=NCc1nc(C(F)(F)F)cs1)NCC(C1CC1)N(C)C. The minimum absolute atomic E-state index is 0.131. The quantitative estimate of drug-likeness (QED) is 0.577. The summed E-state index contributed by atoms with van der Waals surface area (Å²) in [6.07, 6.45) is -1.90. The first kappa shape index (κ1) is 19.0. The summed E-state index contributed by atoms with van der Waals surface area (Å²) < 4.78 is 37.7. The maximum atomic E-state index is 12.6. The lowest BCUT2D eigenvalue weighted by atomic mass is 10.1. The van der Waals surface area contributed by atoms with Gasteiger partial charge in [0.25, 0.3) is 0 Å². The second kappa shape index (κ2) is 8.15. The molecule has 1 aromatic heterocycles. The van der Waals surface area contributed by atoms with Crippen molar-refractivity contribution in [3.63, 3.8) is 0 Å². The molecule has 0 aliphatic heterocycles. The number of aliphatic imine (C=N–C) groups is 1. The molecule has 0 spiro atoms. The number of alkyl halides is 3. The van der Waals surface area contributed by atoms with E-state index in [1.165, 1.54) is 12.8 Å². The molecule has 24 heavy (non-hydrogen) atoms. The van der Waals surface area contributed by atoms with Crippen LogP contribution in [0.5, 0.6) is 0 Å². The van der Waals surface area contributed by atoms with E-state index in [0.717, 1.165) is 23.3 Å². The van der Waals surface area contributed by atoms with E-state index in [4.69, 9.17) is 0 Å². The molecule has 2 N–H and O–H groups in total. The van der Waals surface area contributed by atoms with E-state index in [-0.39, 0.29) is 6.54 Å². The summed E-state index contributed by atoms with van der Waals surface area (Å²) in [5.74, 6) is 1.32. The van der Waals surface area contributed by atoms with Crippen molar-refractivity contribution in [2.75, 3.05) is 27.2 Å². The van der Waals surface area contributed by atoms with Gasteiger partial charge in [-0.05, 0) is 39.8 Å². The summed E-state index contributed by atoms with van der Waals surface area (Å²) in [6, 6.07) is 0.436. The summed E-state index contributed by atoms with van der Waals surface area (Å²) >= 11 is 0.979. The van der Waals surface area contributed by atoms with Crippen LogP contribution in [-0.4, -0.2) is 49.1 Å². The number of nitrogens with zero attached hydrogens (tertiary/aromatic N) is 3. The molecule has 1 aliphatic carbocycles. The average Bonchev–Trinajstić information content (AvgIpc) is 3.19. The van der Waals surface area contributed by atoms with Gasteiger partial charge in [-0.15, -0.1) is 11.3 Å². The van der Waals surface area contributed by atoms with Crippen LogP contribution in [0.3, 0.4) is 0 Å². The Balaban J connectivity index is 1.93. The molecule has 0 aromatic carbocycles. The molecule has 0 saturated heterocycles. The van der Waals surface area contributed by atoms with Gasteiger partial charge in [-0.2, -0.15) is 13.2 Å². The Labute approximate surface area is 144 Å². The molecule has 1 atom stereocenters. The third kappa shape index (κ3) is 5.62. The van der Waals surface area contributed by atoms with Gasteiger partial charge in [0.1, 0.15) is 5.01 Å². The predicted molar refractivity (Wildman–Crippen MR) is 90.1 cm³/mol. The van der Waals surface area contributed by atoms with Crippen LogP contribution >= 0.6 is 11.3 Å². The number of hydrogen-bond acceptors (Lipinski definition) is 4. The van der Waals surface area contributed by atoms with E-state index in [1.54, 1.807) is 0 Å². The van der Waals surface area contributed by atoms with E-state index in [1.807, 2.05) is 6.92 Å². The summed E-state index contributed by atoms with van der Waals surface area (Å²) in [6.45, 7) is 3.53. The van der Waals surface area contributed by atoms with Crippen LogP contribution in [0.2, 0.25) is 0 Å². The van der Waals surface area contributed by atoms with E-state index < -0.39 is 11.9 Å². The van der Waals surface area contributed by atoms with Crippen LogP contribution in [-0.2, 0) is 12.7 Å². The molecular weight excluding hydrogens is 339 g/mol. The molecule has 0 bridgehead atoms. The van der Waals surface area contributed by atoms with Gasteiger partial charge in [-0.1, -0.05) is 0 Å². The van der Waals surface area contributed by atoms with Crippen LogP contribution in [0.1, 0.15) is 30.5 Å².